The van der Waals surface area contributed by atoms with Gasteiger partial charge in [0.1, 0.15) is 0 Å². The molecule has 0 aromatic heterocycles. The van der Waals surface area contributed by atoms with Crippen molar-refractivity contribution in [1.29, 1.82) is 0 Å². The second-order valence-electron chi connectivity index (χ2n) is 8.95. The summed E-state index contributed by atoms with van der Waals surface area (Å²) in [6.45, 7) is 2.20. The Labute approximate surface area is 220 Å². The third-order valence-corrected chi connectivity index (χ3v) is 7.23. The smallest absolute Gasteiger partial charge is 0.382 e. The van der Waals surface area contributed by atoms with Gasteiger partial charge in [-0.2, -0.15) is 26.3 Å². The lowest BCUT2D eigenvalue weighted by Gasteiger charge is -2.24. The van der Waals surface area contributed by atoms with E-state index in [1.54, 1.807) is 23.1 Å². The minimum absolute atomic E-state index is 0.130. The van der Waals surface area contributed by atoms with Gasteiger partial charge in [0.15, 0.2) is 5.78 Å². The van der Waals surface area contributed by atoms with Gasteiger partial charge in [-0.25, -0.2) is 0 Å². The van der Waals surface area contributed by atoms with Gasteiger partial charge in [0.05, 0.1) is 11.1 Å². The first-order valence-corrected chi connectivity index (χ1v) is 12.9. The van der Waals surface area contributed by atoms with E-state index < -0.39 is 39.7 Å². The fourth-order valence-electron chi connectivity index (χ4n) is 4.36. The van der Waals surface area contributed by atoms with Gasteiger partial charge in [-0.05, 0) is 49.6 Å². The van der Waals surface area contributed by atoms with Crippen molar-refractivity contribution in [3.05, 3.63) is 77.5 Å². The summed E-state index contributed by atoms with van der Waals surface area (Å²) in [6, 6.07) is 8.40. The van der Waals surface area contributed by atoms with E-state index in [1.165, 1.54) is 12.3 Å². The summed E-state index contributed by atoms with van der Waals surface area (Å²) in [7, 11) is 0. The number of rotatable bonds is 7. The van der Waals surface area contributed by atoms with Crippen molar-refractivity contribution in [3.8, 4) is 0 Å². The topological polar surface area (TPSA) is 41.6 Å². The zero-order valence-corrected chi connectivity index (χ0v) is 21.1. The van der Waals surface area contributed by atoms with Gasteiger partial charge in [0, 0.05) is 65.7 Å². The van der Waals surface area contributed by atoms with Crippen LogP contribution in [0.2, 0.25) is 0 Å². The normalized spacial score (nSPS) is 17.3. The summed E-state index contributed by atoms with van der Waals surface area (Å²) in [5, 5.41) is 3.30. The molecule has 0 atom stereocenters. The van der Waals surface area contributed by atoms with Crippen LogP contribution >= 0.6 is 11.8 Å². The van der Waals surface area contributed by atoms with E-state index in [0.717, 1.165) is 31.1 Å². The molecule has 4 nitrogen and oxygen atoms in total. The summed E-state index contributed by atoms with van der Waals surface area (Å²) in [5.41, 5.74) is -4.22. The lowest BCUT2D eigenvalue weighted by atomic mass is 9.96. The lowest BCUT2D eigenvalue weighted by molar-refractivity contribution is -0.163. The highest BCUT2D eigenvalue weighted by molar-refractivity contribution is 7.99. The number of carbonyl (C=O) groups excluding carboxylic acids is 1. The molecule has 0 aliphatic carbocycles. The highest BCUT2D eigenvalue weighted by Crippen LogP contribution is 2.48. The molecule has 0 amide bonds. The van der Waals surface area contributed by atoms with Crippen LogP contribution < -0.4 is 5.32 Å². The molecule has 2 aliphatic heterocycles. The van der Waals surface area contributed by atoms with Crippen molar-refractivity contribution in [2.24, 2.45) is 0 Å². The van der Waals surface area contributed by atoms with Crippen molar-refractivity contribution in [3.63, 3.8) is 0 Å². The zero-order chi connectivity index (χ0) is 27.3. The molecule has 4 rings (SSSR count). The average molecular weight is 557 g/mol. The van der Waals surface area contributed by atoms with Gasteiger partial charge >= 0.3 is 12.4 Å². The van der Waals surface area contributed by atoms with Gasteiger partial charge in [-0.3, -0.25) is 4.79 Å². The van der Waals surface area contributed by atoms with Gasteiger partial charge in [0.2, 0.25) is 0 Å². The van der Waals surface area contributed by atoms with E-state index in [4.69, 9.17) is 4.74 Å². The van der Waals surface area contributed by atoms with Crippen LogP contribution in [0.5, 0.6) is 0 Å². The van der Waals surface area contributed by atoms with Gasteiger partial charge in [0.25, 0.3) is 0 Å². The number of ether oxygens (including phenoxy) is 1. The van der Waals surface area contributed by atoms with Crippen molar-refractivity contribution in [2.75, 3.05) is 31.6 Å². The van der Waals surface area contributed by atoms with Gasteiger partial charge < -0.3 is 15.0 Å². The maximum atomic E-state index is 14.2. The number of halogens is 6. The molecule has 0 unspecified atom stereocenters. The van der Waals surface area contributed by atoms with Crippen LogP contribution in [-0.2, 0) is 17.1 Å². The third kappa shape index (κ3) is 7.13. The Morgan fingerprint density at radius 2 is 1.74 bits per heavy atom. The number of ketones is 1. The Kier molecular flexibility index (Phi) is 8.77. The van der Waals surface area contributed by atoms with E-state index in [-0.39, 0.29) is 6.04 Å². The number of nitrogens with zero attached hydrogens (tertiary/aromatic N) is 1. The molecule has 2 aromatic carbocycles. The van der Waals surface area contributed by atoms with Gasteiger partial charge in [-0.1, -0.05) is 30.0 Å². The lowest BCUT2D eigenvalue weighted by Crippen LogP contribution is -2.27. The molecule has 1 fully saturated rings. The van der Waals surface area contributed by atoms with Crippen molar-refractivity contribution < 1.29 is 35.9 Å². The number of hydrogen-bond donors (Lipinski definition) is 1. The number of carbonyl (C=O) groups is 1. The van der Waals surface area contributed by atoms with Crippen LogP contribution in [-0.4, -0.2) is 43.0 Å². The molecule has 0 bridgehead atoms. The third-order valence-electron chi connectivity index (χ3n) is 6.18. The van der Waals surface area contributed by atoms with Crippen LogP contribution in [0.4, 0.5) is 32.0 Å². The maximum absolute atomic E-state index is 14.2. The van der Waals surface area contributed by atoms with E-state index in [1.807, 2.05) is 12.2 Å². The minimum Gasteiger partial charge on any atom is -0.382 e. The highest BCUT2D eigenvalue weighted by atomic mass is 32.2. The minimum atomic E-state index is -5.40. The van der Waals surface area contributed by atoms with Crippen LogP contribution in [0.15, 0.2) is 70.6 Å². The first kappa shape index (κ1) is 28.1. The van der Waals surface area contributed by atoms with Crippen molar-refractivity contribution in [1.82, 2.24) is 4.90 Å². The Hall–Kier alpha value is -2.92. The molecule has 2 aromatic rings. The number of hydrogen-bond acceptors (Lipinski definition) is 5. The van der Waals surface area contributed by atoms with E-state index >= 15 is 0 Å². The first-order valence-electron chi connectivity index (χ1n) is 12.1. The summed E-state index contributed by atoms with van der Waals surface area (Å²) >= 11 is 0.574. The monoisotopic (exact) mass is 556 g/mol. The van der Waals surface area contributed by atoms with Crippen molar-refractivity contribution >= 4 is 23.2 Å². The van der Waals surface area contributed by atoms with Crippen LogP contribution in [0.3, 0.4) is 0 Å². The molecule has 0 spiro atoms. The Morgan fingerprint density at radius 3 is 2.39 bits per heavy atom. The number of allylic oxidation sites excluding steroid dienone is 1. The quantitative estimate of drug-likeness (QED) is 0.166. The Balaban J connectivity index is 1.67. The fourth-order valence-corrected chi connectivity index (χ4v) is 5.40. The summed E-state index contributed by atoms with van der Waals surface area (Å²) in [5.74, 6) is -1.14. The number of anilines is 1. The first-order chi connectivity index (χ1) is 18.0. The summed E-state index contributed by atoms with van der Waals surface area (Å²) in [6.07, 6.45) is -2.55. The predicted molar refractivity (Wildman–Crippen MR) is 133 cm³/mol. The maximum Gasteiger partial charge on any atom is 0.418 e. The average Bonchev–Trinajstić information content (AvgIpc) is 2.87. The molecular formula is C27H26F6N2O2S. The number of nitrogens with one attached hydrogen (secondary N) is 1. The van der Waals surface area contributed by atoms with E-state index in [9.17, 15) is 31.1 Å². The van der Waals surface area contributed by atoms with Crippen LogP contribution in [0, 0.1) is 0 Å². The molecule has 1 saturated heterocycles. The second kappa shape index (κ2) is 11.9. The molecular weight excluding hydrogens is 530 g/mol. The van der Waals surface area contributed by atoms with Crippen molar-refractivity contribution in [2.45, 2.75) is 47.4 Å². The number of alkyl halides is 6. The highest BCUT2D eigenvalue weighted by Gasteiger charge is 2.47. The predicted octanol–water partition coefficient (Wildman–Crippen LogP) is 7.42. The van der Waals surface area contributed by atoms with Crippen LogP contribution in [0.1, 0.15) is 40.7 Å². The summed E-state index contributed by atoms with van der Waals surface area (Å²) < 4.78 is 90.2. The van der Waals surface area contributed by atoms with Crippen LogP contribution in [0.25, 0.3) is 0 Å². The molecule has 0 saturated carbocycles. The fraction of sp³-hybridized carbons (Fsp3) is 0.370. The molecule has 38 heavy (non-hydrogen) atoms. The molecule has 11 heteroatoms. The second-order valence-corrected chi connectivity index (χ2v) is 10.1. The van der Waals surface area contributed by atoms with Gasteiger partial charge in [-0.15, -0.1) is 0 Å². The van der Waals surface area contributed by atoms with E-state index in [2.05, 4.69) is 5.32 Å². The SMILES string of the molecule is O=C(C=CN1CC=CCC1)c1ccc(Sc2cccc(NC3CCOCC3)c2)c(C(F)(F)F)c1C(F)(F)F. The Bertz CT molecular complexity index is 1200. The Morgan fingerprint density at radius 1 is 1.00 bits per heavy atom. The molecule has 204 valence electrons. The largest absolute Gasteiger partial charge is 0.418 e. The van der Waals surface area contributed by atoms with E-state index in [0.29, 0.717) is 55.1 Å². The standard InChI is InChI=1S/C27H26F6N2O2S/c28-26(29,30)24-21(22(36)9-14-35-12-2-1-3-13-35)7-8-23(25(24)27(31,32)33)38-20-6-4-5-19(17-20)34-18-10-15-37-16-11-18/h1-2,4-9,14,17-18,34H,3,10-13,15-16H2. The molecule has 2 heterocycles. The molecule has 1 N–H and O–H groups in total. The molecule has 2 aliphatic rings. The number of benzene rings is 2. The molecule has 0 radical (unpaired) electrons. The summed E-state index contributed by atoms with van der Waals surface area (Å²) in [4.78, 5) is 14.1. The zero-order valence-electron chi connectivity index (χ0n) is 20.2.